The van der Waals surface area contributed by atoms with E-state index in [0.29, 0.717) is 0 Å². The Morgan fingerprint density at radius 1 is 1.12 bits per heavy atom. The van der Waals surface area contributed by atoms with Gasteiger partial charge in [0.1, 0.15) is 0 Å². The first-order valence-electron chi connectivity index (χ1n) is 5.97. The van der Waals surface area contributed by atoms with Gasteiger partial charge in [0.15, 0.2) is 0 Å². The number of hydrogen-bond acceptors (Lipinski definition) is 2. The fourth-order valence-corrected chi connectivity index (χ4v) is 2.55. The van der Waals surface area contributed by atoms with E-state index in [-0.39, 0.29) is 0 Å². The van der Waals surface area contributed by atoms with E-state index in [4.69, 9.17) is 5.73 Å². The molecule has 1 heterocycles. The summed E-state index contributed by atoms with van der Waals surface area (Å²) in [4.78, 5) is 2.35. The minimum absolute atomic E-state index is 0.837. The molecule has 0 aromatic heterocycles. The van der Waals surface area contributed by atoms with Gasteiger partial charge in [-0.2, -0.15) is 0 Å². The van der Waals surface area contributed by atoms with Crippen LogP contribution in [0.15, 0.2) is 42.5 Å². The van der Waals surface area contributed by atoms with Crippen LogP contribution < -0.4 is 10.6 Å². The maximum atomic E-state index is 5.92. The highest BCUT2D eigenvalue weighted by Gasteiger charge is 2.19. The van der Waals surface area contributed by atoms with Crippen LogP contribution in [0.3, 0.4) is 0 Å². The van der Waals surface area contributed by atoms with Crippen LogP contribution in [0, 0.1) is 6.92 Å². The molecule has 0 atom stereocenters. The Balaban J connectivity index is 2.06. The van der Waals surface area contributed by atoms with Crippen LogP contribution in [-0.4, -0.2) is 6.54 Å². The second-order valence-electron chi connectivity index (χ2n) is 4.63. The van der Waals surface area contributed by atoms with Gasteiger partial charge in [-0.3, -0.25) is 0 Å². The molecule has 2 heteroatoms. The molecule has 0 saturated carbocycles. The summed E-state index contributed by atoms with van der Waals surface area (Å²) < 4.78 is 0. The second-order valence-corrected chi connectivity index (χ2v) is 4.63. The lowest BCUT2D eigenvalue weighted by atomic mass is 10.1. The topological polar surface area (TPSA) is 29.3 Å². The highest BCUT2D eigenvalue weighted by molar-refractivity contribution is 5.72. The number of nitrogen functional groups attached to an aromatic ring is 1. The molecule has 3 rings (SSSR count). The van der Waals surface area contributed by atoms with Crippen molar-refractivity contribution in [2.45, 2.75) is 13.3 Å². The van der Waals surface area contributed by atoms with Crippen LogP contribution in [-0.2, 0) is 6.42 Å². The number of aryl methyl sites for hydroxylation is 1. The van der Waals surface area contributed by atoms with Crippen molar-refractivity contribution in [1.82, 2.24) is 0 Å². The van der Waals surface area contributed by atoms with Crippen LogP contribution in [0.1, 0.15) is 11.1 Å². The van der Waals surface area contributed by atoms with Gasteiger partial charge in [-0.25, -0.2) is 0 Å². The largest absolute Gasteiger partial charge is 0.399 e. The SMILES string of the molecule is Cc1cc(N)cc(N2CCc3ccccc32)c1. The smallest absolute Gasteiger partial charge is 0.0444 e. The van der Waals surface area contributed by atoms with Crippen molar-refractivity contribution >= 4 is 17.1 Å². The van der Waals surface area contributed by atoms with Gasteiger partial charge in [0.25, 0.3) is 0 Å². The molecule has 1 aliphatic rings. The zero-order chi connectivity index (χ0) is 11.8. The maximum Gasteiger partial charge on any atom is 0.0444 e. The predicted octanol–water partition coefficient (Wildman–Crippen LogP) is 3.27. The lowest BCUT2D eigenvalue weighted by Gasteiger charge is -2.20. The molecule has 0 amide bonds. The summed E-state index contributed by atoms with van der Waals surface area (Å²) in [7, 11) is 0. The third-order valence-electron chi connectivity index (χ3n) is 3.28. The highest BCUT2D eigenvalue weighted by atomic mass is 15.2. The molecular weight excluding hydrogens is 208 g/mol. The Morgan fingerprint density at radius 3 is 2.76 bits per heavy atom. The first kappa shape index (κ1) is 10.2. The summed E-state index contributed by atoms with van der Waals surface area (Å²) in [5.74, 6) is 0. The number of nitrogens with zero attached hydrogens (tertiary/aromatic N) is 1. The van der Waals surface area contributed by atoms with E-state index in [1.165, 1.54) is 22.5 Å². The van der Waals surface area contributed by atoms with Crippen LogP contribution in [0.4, 0.5) is 17.1 Å². The molecule has 1 aliphatic heterocycles. The number of nitrogens with two attached hydrogens (primary N) is 1. The monoisotopic (exact) mass is 224 g/mol. The number of para-hydroxylation sites is 1. The van der Waals surface area contributed by atoms with Crippen LogP contribution in [0.25, 0.3) is 0 Å². The summed E-state index contributed by atoms with van der Waals surface area (Å²) in [5, 5.41) is 0. The quantitative estimate of drug-likeness (QED) is 0.753. The molecule has 0 bridgehead atoms. The third-order valence-corrected chi connectivity index (χ3v) is 3.28. The predicted molar refractivity (Wildman–Crippen MR) is 72.7 cm³/mol. The fraction of sp³-hybridized carbons (Fsp3) is 0.200. The molecule has 2 aromatic rings. The number of rotatable bonds is 1. The minimum Gasteiger partial charge on any atom is -0.399 e. The number of benzene rings is 2. The second kappa shape index (κ2) is 3.81. The van der Waals surface area contributed by atoms with Gasteiger partial charge in [0, 0.05) is 23.6 Å². The van der Waals surface area contributed by atoms with Crippen molar-refractivity contribution in [2.75, 3.05) is 17.2 Å². The van der Waals surface area contributed by atoms with Gasteiger partial charge < -0.3 is 10.6 Å². The standard InChI is InChI=1S/C15H16N2/c1-11-8-13(16)10-14(9-11)17-7-6-12-4-2-3-5-15(12)17/h2-5,8-10H,6-7,16H2,1H3. The number of fused-ring (bicyclic) bond motifs is 1. The Labute approximate surface area is 102 Å². The van der Waals surface area contributed by atoms with Crippen LogP contribution >= 0.6 is 0 Å². The summed E-state index contributed by atoms with van der Waals surface area (Å²) >= 11 is 0. The Morgan fingerprint density at radius 2 is 1.94 bits per heavy atom. The average Bonchev–Trinajstić information content (AvgIpc) is 2.71. The third kappa shape index (κ3) is 1.76. The van der Waals surface area contributed by atoms with Gasteiger partial charge >= 0.3 is 0 Å². The van der Waals surface area contributed by atoms with E-state index in [9.17, 15) is 0 Å². The first-order chi connectivity index (χ1) is 8.24. The summed E-state index contributed by atoms with van der Waals surface area (Å²) in [6, 6.07) is 14.8. The maximum absolute atomic E-state index is 5.92. The molecule has 0 aliphatic carbocycles. The minimum atomic E-state index is 0.837. The molecule has 2 N–H and O–H groups in total. The van der Waals surface area contributed by atoms with Crippen molar-refractivity contribution < 1.29 is 0 Å². The van der Waals surface area contributed by atoms with Crippen molar-refractivity contribution in [1.29, 1.82) is 0 Å². The van der Waals surface area contributed by atoms with E-state index in [2.05, 4.69) is 48.2 Å². The molecule has 2 aromatic carbocycles. The molecule has 0 spiro atoms. The lowest BCUT2D eigenvalue weighted by molar-refractivity contribution is 0.997. The molecule has 0 radical (unpaired) electrons. The highest BCUT2D eigenvalue weighted by Crippen LogP contribution is 2.35. The van der Waals surface area contributed by atoms with Gasteiger partial charge in [-0.1, -0.05) is 18.2 Å². The zero-order valence-corrected chi connectivity index (χ0v) is 9.98. The molecule has 0 unspecified atom stereocenters. The zero-order valence-electron chi connectivity index (χ0n) is 9.98. The van der Waals surface area contributed by atoms with Crippen LogP contribution in [0.5, 0.6) is 0 Å². The van der Waals surface area contributed by atoms with Gasteiger partial charge in [-0.05, 0) is 48.7 Å². The number of hydrogen-bond donors (Lipinski definition) is 1. The molecule has 2 nitrogen and oxygen atoms in total. The Kier molecular flexibility index (Phi) is 2.29. The molecule has 17 heavy (non-hydrogen) atoms. The van der Waals surface area contributed by atoms with E-state index in [1.54, 1.807) is 0 Å². The normalized spacial score (nSPS) is 13.8. The van der Waals surface area contributed by atoms with E-state index >= 15 is 0 Å². The van der Waals surface area contributed by atoms with Crippen LogP contribution in [0.2, 0.25) is 0 Å². The fourth-order valence-electron chi connectivity index (χ4n) is 2.55. The van der Waals surface area contributed by atoms with E-state index in [1.807, 2.05) is 6.07 Å². The van der Waals surface area contributed by atoms with Gasteiger partial charge in [0.2, 0.25) is 0 Å². The molecular formula is C15H16N2. The van der Waals surface area contributed by atoms with Crippen molar-refractivity contribution in [3.05, 3.63) is 53.6 Å². The lowest BCUT2D eigenvalue weighted by Crippen LogP contribution is -2.13. The van der Waals surface area contributed by atoms with E-state index in [0.717, 1.165) is 18.7 Å². The van der Waals surface area contributed by atoms with Crippen molar-refractivity contribution in [2.24, 2.45) is 0 Å². The summed E-state index contributed by atoms with van der Waals surface area (Å²) in [5.41, 5.74) is 11.9. The average molecular weight is 224 g/mol. The summed E-state index contributed by atoms with van der Waals surface area (Å²) in [6.07, 6.45) is 1.12. The number of anilines is 3. The van der Waals surface area contributed by atoms with E-state index < -0.39 is 0 Å². The first-order valence-corrected chi connectivity index (χ1v) is 5.97. The van der Waals surface area contributed by atoms with Crippen molar-refractivity contribution in [3.63, 3.8) is 0 Å². The Bertz CT molecular complexity index is 540. The molecule has 0 saturated heterocycles. The van der Waals surface area contributed by atoms with Gasteiger partial charge in [0.05, 0.1) is 0 Å². The molecule has 0 fully saturated rings. The molecule has 86 valence electrons. The Hall–Kier alpha value is -1.96. The van der Waals surface area contributed by atoms with Gasteiger partial charge in [-0.15, -0.1) is 0 Å². The summed E-state index contributed by atoms with van der Waals surface area (Å²) in [6.45, 7) is 3.13. The van der Waals surface area contributed by atoms with Crippen molar-refractivity contribution in [3.8, 4) is 0 Å².